The fourth-order valence-electron chi connectivity index (χ4n) is 9.73. The van der Waals surface area contributed by atoms with Crippen LogP contribution in [0.15, 0.2) is 23.8 Å². The Bertz CT molecular complexity index is 1840. The second-order valence-electron chi connectivity index (χ2n) is 15.9. The highest BCUT2D eigenvalue weighted by Gasteiger charge is 2.77. The Morgan fingerprint density at radius 3 is 2.54 bits per heavy atom. The summed E-state index contributed by atoms with van der Waals surface area (Å²) < 4.78 is 106. The minimum Gasteiger partial charge on any atom is -0.458 e. The number of carbonyl (C=O) groups is 4. The lowest BCUT2D eigenvalue weighted by atomic mass is 9.44. The van der Waals surface area contributed by atoms with Crippen LogP contribution in [0.5, 0.6) is 0 Å². The van der Waals surface area contributed by atoms with E-state index < -0.39 is 122 Å². The number of phosphoric ester groups is 2. The first-order valence-corrected chi connectivity index (χ1v) is 23.5. The van der Waals surface area contributed by atoms with Gasteiger partial charge in [-0.15, -0.1) is 5.92 Å². The maximum Gasteiger partial charge on any atom is 0.483 e. The summed E-state index contributed by atoms with van der Waals surface area (Å²) in [6.07, 6.45) is 1.07. The number of carbonyl (C=O) groups excluding carboxylic acids is 4. The molecule has 0 radical (unpaired) electrons. The van der Waals surface area contributed by atoms with Crippen LogP contribution < -0.4 is 5.32 Å². The minimum atomic E-state index is -5.53. The van der Waals surface area contributed by atoms with Crippen molar-refractivity contribution in [3.05, 3.63) is 23.8 Å². The highest BCUT2D eigenvalue weighted by atomic mass is 32.2. The molecule has 0 aromatic rings. The summed E-state index contributed by atoms with van der Waals surface area (Å²) in [5.74, 6) is 0.125. The van der Waals surface area contributed by atoms with Gasteiger partial charge in [-0.3, -0.25) is 28.2 Å². The molecule has 0 aromatic carbocycles. The predicted molar refractivity (Wildman–Crippen MR) is 206 cm³/mol. The normalized spacial score (nSPS) is 37.1. The standard InChI is InChI=1S/C38H52F3NO14P2S/c1-5-30(45)55-34-32-26-17-23(2)31(35(46)59-21-39)36(26,3)19-28(38(32,41)37(4)14-13-24(43)18-27(37)33(34)40)52-22-54-58(49,50)56-57(47,48)53-16-15-42-29(44)20-51-25-11-9-7-6-8-10-12-25/h13-14,18,23,25-26,28,31-34H,5-9,11,15-17,19-22H2,1-4H3,(H,42,44)(H,47,48)(H,49,50)/t23-,25?,26+,28+,31+,32+,33+,34?,36+,37+,38-/m1/s1. The van der Waals surface area contributed by atoms with Crippen molar-refractivity contribution in [1.29, 1.82) is 0 Å². The first kappa shape index (κ1) is 47.7. The lowest BCUT2D eigenvalue weighted by Crippen LogP contribution is -2.73. The molecule has 59 heavy (non-hydrogen) atoms. The molecule has 13 atom stereocenters. The Labute approximate surface area is 345 Å². The Balaban J connectivity index is 1.31. The molecule has 0 spiro atoms. The zero-order chi connectivity index (χ0) is 43.4. The van der Waals surface area contributed by atoms with Crippen molar-refractivity contribution >= 4 is 50.2 Å². The van der Waals surface area contributed by atoms with Crippen molar-refractivity contribution in [2.75, 3.05) is 32.6 Å². The van der Waals surface area contributed by atoms with Gasteiger partial charge in [0.15, 0.2) is 29.5 Å². The number of esters is 1. The van der Waals surface area contributed by atoms with E-state index in [1.165, 1.54) is 19.9 Å². The molecule has 21 heteroatoms. The second-order valence-corrected chi connectivity index (χ2v) is 19.9. The maximum atomic E-state index is 18.8. The lowest BCUT2D eigenvalue weighted by Gasteiger charge is -2.64. The molecule has 0 saturated heterocycles. The van der Waals surface area contributed by atoms with Crippen LogP contribution >= 0.6 is 27.4 Å². The van der Waals surface area contributed by atoms with Crippen molar-refractivity contribution < 1.29 is 78.8 Å². The lowest BCUT2D eigenvalue weighted by molar-refractivity contribution is -0.258. The number of fused-ring (bicyclic) bond motifs is 5. The number of hydrogen-bond donors (Lipinski definition) is 3. The minimum absolute atomic E-state index is 0.155. The molecule has 0 heterocycles. The van der Waals surface area contributed by atoms with Gasteiger partial charge in [0.25, 0.3) is 0 Å². The van der Waals surface area contributed by atoms with Gasteiger partial charge in [-0.2, -0.15) is 4.31 Å². The van der Waals surface area contributed by atoms with E-state index in [9.17, 15) is 42.5 Å². The van der Waals surface area contributed by atoms with E-state index in [1.807, 2.05) is 0 Å². The van der Waals surface area contributed by atoms with E-state index in [2.05, 4.69) is 21.5 Å². The Kier molecular flexibility index (Phi) is 15.6. The highest BCUT2D eigenvalue weighted by Crippen LogP contribution is 2.71. The summed E-state index contributed by atoms with van der Waals surface area (Å²) >= 11 is 0.432. The van der Waals surface area contributed by atoms with Gasteiger partial charge in [-0.25, -0.2) is 22.3 Å². The van der Waals surface area contributed by atoms with Crippen molar-refractivity contribution in [1.82, 2.24) is 5.32 Å². The molecule has 5 aliphatic carbocycles. The highest BCUT2D eigenvalue weighted by molar-refractivity contribution is 8.13. The number of allylic oxidation sites excluding steroid dienone is 3. The molecule has 15 nitrogen and oxygen atoms in total. The summed E-state index contributed by atoms with van der Waals surface area (Å²) in [6, 6.07) is -1.04. The summed E-state index contributed by atoms with van der Waals surface area (Å²) in [5.41, 5.74) is -6.23. The van der Waals surface area contributed by atoms with Crippen molar-refractivity contribution in [2.24, 2.45) is 34.5 Å². The molecular formula is C38H52F3NO14P2S. The van der Waals surface area contributed by atoms with E-state index in [0.29, 0.717) is 18.2 Å². The molecule has 0 aromatic heterocycles. The number of hydrogen-bond acceptors (Lipinski definition) is 13. The molecule has 3 saturated carbocycles. The topological polar surface area (TPSA) is 210 Å². The van der Waals surface area contributed by atoms with Gasteiger partial charge >= 0.3 is 21.6 Å². The summed E-state index contributed by atoms with van der Waals surface area (Å²) in [6.45, 7) is 3.64. The third-order valence-corrected chi connectivity index (χ3v) is 15.5. The van der Waals surface area contributed by atoms with Crippen molar-refractivity contribution in [3.63, 3.8) is 0 Å². The number of amides is 1. The van der Waals surface area contributed by atoms with E-state index in [4.69, 9.17) is 23.3 Å². The number of halogens is 3. The zero-order valence-corrected chi connectivity index (χ0v) is 35.9. The van der Waals surface area contributed by atoms with Crippen LogP contribution in [-0.2, 0) is 55.9 Å². The molecule has 5 aliphatic rings. The predicted octanol–water partition coefficient (Wildman–Crippen LogP) is 5.99. The van der Waals surface area contributed by atoms with E-state index in [0.717, 1.165) is 37.8 Å². The monoisotopic (exact) mass is 897 g/mol. The second kappa shape index (κ2) is 19.4. The van der Waals surface area contributed by atoms with Gasteiger partial charge in [0.1, 0.15) is 24.8 Å². The number of ether oxygens (including phenoxy) is 3. The number of thioether (sulfide) groups is 1. The van der Waals surface area contributed by atoms with Gasteiger partial charge < -0.3 is 29.3 Å². The van der Waals surface area contributed by atoms with Crippen LogP contribution in [0.25, 0.3) is 0 Å². The Hall–Kier alpha value is -2.36. The summed E-state index contributed by atoms with van der Waals surface area (Å²) in [7, 11) is -10.9. The average molecular weight is 898 g/mol. The molecule has 5 rings (SSSR count). The largest absolute Gasteiger partial charge is 0.483 e. The van der Waals surface area contributed by atoms with Crippen LogP contribution in [-0.4, -0.2) is 95.3 Å². The smallest absolute Gasteiger partial charge is 0.458 e. The van der Waals surface area contributed by atoms with Crippen LogP contribution in [0.3, 0.4) is 0 Å². The van der Waals surface area contributed by atoms with Gasteiger partial charge in [-0.05, 0) is 74.0 Å². The fourth-order valence-corrected chi connectivity index (χ4v) is 12.5. The zero-order valence-electron chi connectivity index (χ0n) is 33.3. The number of phosphoric acid groups is 2. The Morgan fingerprint density at radius 1 is 1.10 bits per heavy atom. The maximum absolute atomic E-state index is 18.8. The molecule has 3 fully saturated rings. The molecule has 0 bridgehead atoms. The van der Waals surface area contributed by atoms with Crippen LogP contribution in [0, 0.1) is 46.3 Å². The molecule has 1 amide bonds. The number of rotatable bonds is 17. The third kappa shape index (κ3) is 10.3. The molecule has 330 valence electrons. The SMILES string of the molecule is CCC(=O)OC1[C@@H]2[C@@H]3C[C@@H](C)[C@@H](C(=O)SCF)[C@@]3(C)C[C@H](OCOP(=O)(O)OP(=O)(O)OCCNC(=O)COC3C#CCCCCC3)[C@]2(F)[C@@]2(C)C=CC(=O)C=C2[C@@H]1F. The van der Waals surface area contributed by atoms with Crippen LogP contribution in [0.1, 0.15) is 79.1 Å². The van der Waals surface area contributed by atoms with Crippen molar-refractivity contribution in [3.8, 4) is 11.8 Å². The van der Waals surface area contributed by atoms with Crippen LogP contribution in [0.2, 0.25) is 0 Å². The third-order valence-electron chi connectivity index (χ3n) is 12.3. The van der Waals surface area contributed by atoms with Crippen LogP contribution in [0.4, 0.5) is 13.2 Å². The number of nitrogens with one attached hydrogen (secondary N) is 1. The van der Waals surface area contributed by atoms with Gasteiger partial charge in [-0.1, -0.05) is 51.0 Å². The van der Waals surface area contributed by atoms with E-state index in [-0.39, 0.29) is 38.0 Å². The summed E-state index contributed by atoms with van der Waals surface area (Å²) in [5, 5.41) is 1.87. The van der Waals surface area contributed by atoms with E-state index in [1.54, 1.807) is 13.8 Å². The molecule has 4 unspecified atom stereocenters. The number of alkyl halides is 3. The van der Waals surface area contributed by atoms with Gasteiger partial charge in [0.2, 0.25) is 5.91 Å². The van der Waals surface area contributed by atoms with Gasteiger partial charge in [0, 0.05) is 36.6 Å². The van der Waals surface area contributed by atoms with Gasteiger partial charge in [0.05, 0.1) is 12.7 Å². The first-order valence-electron chi connectivity index (χ1n) is 19.6. The molecule has 3 N–H and O–H groups in total. The quantitative estimate of drug-likeness (QED) is 0.0504. The van der Waals surface area contributed by atoms with E-state index >= 15 is 8.78 Å². The average Bonchev–Trinajstić information content (AvgIpc) is 3.41. The van der Waals surface area contributed by atoms with Crippen molar-refractivity contribution in [2.45, 2.75) is 109 Å². The molecule has 0 aliphatic heterocycles. The fraction of sp³-hybridized carbons (Fsp3) is 0.737. The summed E-state index contributed by atoms with van der Waals surface area (Å²) in [4.78, 5) is 71.6. The number of ketones is 1. The Morgan fingerprint density at radius 2 is 1.83 bits per heavy atom. The molecular weight excluding hydrogens is 845 g/mol. The first-order chi connectivity index (χ1) is 27.7.